The van der Waals surface area contributed by atoms with Gasteiger partial charge in [-0.15, -0.1) is 0 Å². The number of amides is 2. The number of aromatic nitrogens is 1. The number of hydrogen-bond acceptors (Lipinski definition) is 3. The first kappa shape index (κ1) is 15.1. The van der Waals surface area contributed by atoms with E-state index in [0.717, 1.165) is 5.56 Å². The molecule has 0 bridgehead atoms. The van der Waals surface area contributed by atoms with Crippen LogP contribution in [0.4, 0.5) is 14.9 Å². The van der Waals surface area contributed by atoms with Crippen molar-refractivity contribution < 1.29 is 13.9 Å². The molecule has 7 heteroatoms. The fourth-order valence-corrected chi connectivity index (χ4v) is 1.79. The molecule has 0 aliphatic rings. The molecule has 0 radical (unpaired) electrons. The van der Waals surface area contributed by atoms with Gasteiger partial charge < -0.3 is 15.4 Å². The molecule has 1 aromatic heterocycles. The minimum Gasteiger partial charge on any atom is -0.481 e. The van der Waals surface area contributed by atoms with E-state index in [4.69, 9.17) is 16.3 Å². The first-order valence-electron chi connectivity index (χ1n) is 6.07. The number of nitrogens with one attached hydrogen (secondary N) is 2. The average molecular weight is 310 g/mol. The Morgan fingerprint density at radius 2 is 2.19 bits per heavy atom. The summed E-state index contributed by atoms with van der Waals surface area (Å²) in [5, 5.41) is 5.33. The second-order valence-corrected chi connectivity index (χ2v) is 4.57. The molecule has 0 spiro atoms. The van der Waals surface area contributed by atoms with Crippen molar-refractivity contribution in [1.29, 1.82) is 0 Å². The molecule has 0 aliphatic heterocycles. The Morgan fingerprint density at radius 1 is 1.38 bits per heavy atom. The third kappa shape index (κ3) is 4.32. The van der Waals surface area contributed by atoms with Gasteiger partial charge in [0, 0.05) is 23.8 Å². The number of methoxy groups -OCH3 is 1. The van der Waals surface area contributed by atoms with E-state index in [9.17, 15) is 9.18 Å². The highest BCUT2D eigenvalue weighted by Gasteiger charge is 2.07. The van der Waals surface area contributed by atoms with Gasteiger partial charge in [0.1, 0.15) is 5.82 Å². The van der Waals surface area contributed by atoms with E-state index in [1.165, 1.54) is 25.3 Å². The lowest BCUT2D eigenvalue weighted by Gasteiger charge is -2.09. The van der Waals surface area contributed by atoms with Gasteiger partial charge in [-0.2, -0.15) is 0 Å². The Morgan fingerprint density at radius 3 is 2.95 bits per heavy atom. The topological polar surface area (TPSA) is 63.2 Å². The molecule has 2 rings (SSSR count). The number of urea groups is 1. The molecule has 0 atom stereocenters. The average Bonchev–Trinajstić information content (AvgIpc) is 2.49. The van der Waals surface area contributed by atoms with Gasteiger partial charge in [-0.3, -0.25) is 0 Å². The van der Waals surface area contributed by atoms with Crippen LogP contribution < -0.4 is 15.4 Å². The molecule has 0 aliphatic carbocycles. The summed E-state index contributed by atoms with van der Waals surface area (Å²) in [7, 11) is 1.51. The highest BCUT2D eigenvalue weighted by Crippen LogP contribution is 2.19. The Balaban J connectivity index is 1.94. The molecule has 0 unspecified atom stereocenters. The van der Waals surface area contributed by atoms with Crippen LogP contribution in [-0.4, -0.2) is 18.1 Å². The highest BCUT2D eigenvalue weighted by atomic mass is 35.5. The van der Waals surface area contributed by atoms with Crippen molar-refractivity contribution in [2.24, 2.45) is 0 Å². The zero-order valence-corrected chi connectivity index (χ0v) is 11.9. The number of ether oxygens (including phenoxy) is 1. The summed E-state index contributed by atoms with van der Waals surface area (Å²) in [5.74, 6) is -0.101. The lowest BCUT2D eigenvalue weighted by Crippen LogP contribution is -2.28. The van der Waals surface area contributed by atoms with E-state index in [2.05, 4.69) is 15.6 Å². The van der Waals surface area contributed by atoms with Gasteiger partial charge in [0.05, 0.1) is 12.8 Å². The van der Waals surface area contributed by atoms with Crippen LogP contribution >= 0.6 is 11.6 Å². The molecule has 2 N–H and O–H groups in total. The third-order valence-corrected chi connectivity index (χ3v) is 2.87. The summed E-state index contributed by atoms with van der Waals surface area (Å²) in [6.07, 6.45) is 1.57. The maximum absolute atomic E-state index is 13.5. The molecule has 0 saturated heterocycles. The molecule has 2 amide bonds. The van der Waals surface area contributed by atoms with Gasteiger partial charge in [-0.1, -0.05) is 11.6 Å². The van der Waals surface area contributed by atoms with Crippen molar-refractivity contribution in [2.45, 2.75) is 6.54 Å². The molecule has 5 nitrogen and oxygen atoms in total. The minimum atomic E-state index is -0.555. The van der Waals surface area contributed by atoms with Crippen LogP contribution in [-0.2, 0) is 6.54 Å². The highest BCUT2D eigenvalue weighted by molar-refractivity contribution is 6.30. The lowest BCUT2D eigenvalue weighted by molar-refractivity contribution is 0.251. The number of nitrogens with zero attached hydrogens (tertiary/aromatic N) is 1. The second-order valence-electron chi connectivity index (χ2n) is 4.14. The van der Waals surface area contributed by atoms with Crippen molar-refractivity contribution in [3.05, 3.63) is 52.9 Å². The lowest BCUT2D eigenvalue weighted by atomic mass is 10.2. The molecule has 0 saturated carbocycles. The van der Waals surface area contributed by atoms with Crippen LogP contribution in [0, 0.1) is 5.82 Å². The molecule has 1 heterocycles. The Hall–Kier alpha value is -2.34. The van der Waals surface area contributed by atoms with Gasteiger partial charge in [0.15, 0.2) is 0 Å². The van der Waals surface area contributed by atoms with Gasteiger partial charge in [0.25, 0.3) is 0 Å². The van der Waals surface area contributed by atoms with Crippen LogP contribution in [0.2, 0.25) is 5.02 Å². The molecular formula is C14H13ClFN3O2. The largest absolute Gasteiger partial charge is 0.481 e. The first-order valence-corrected chi connectivity index (χ1v) is 6.45. The SMILES string of the molecule is COc1cc(CNC(=O)Nc2cc(Cl)ccc2F)ccn1. The van der Waals surface area contributed by atoms with Crippen LogP contribution in [0.5, 0.6) is 5.88 Å². The monoisotopic (exact) mass is 309 g/mol. The summed E-state index contributed by atoms with van der Waals surface area (Å²) in [5.41, 5.74) is 0.830. The summed E-state index contributed by atoms with van der Waals surface area (Å²) in [6, 6.07) is 6.83. The predicted molar refractivity (Wildman–Crippen MR) is 78.1 cm³/mol. The summed E-state index contributed by atoms with van der Waals surface area (Å²) < 4.78 is 18.4. The smallest absolute Gasteiger partial charge is 0.319 e. The van der Waals surface area contributed by atoms with Crippen molar-refractivity contribution in [3.63, 3.8) is 0 Å². The molecule has 110 valence electrons. The van der Waals surface area contributed by atoms with E-state index < -0.39 is 11.8 Å². The number of anilines is 1. The molecule has 2 aromatic rings. The van der Waals surface area contributed by atoms with Gasteiger partial charge in [-0.05, 0) is 29.8 Å². The van der Waals surface area contributed by atoms with Gasteiger partial charge in [-0.25, -0.2) is 14.2 Å². The van der Waals surface area contributed by atoms with E-state index in [-0.39, 0.29) is 12.2 Å². The van der Waals surface area contributed by atoms with Crippen LogP contribution in [0.3, 0.4) is 0 Å². The quantitative estimate of drug-likeness (QED) is 0.911. The number of carbonyl (C=O) groups is 1. The first-order chi connectivity index (χ1) is 10.1. The Kier molecular flexibility index (Phi) is 4.94. The van der Waals surface area contributed by atoms with E-state index >= 15 is 0 Å². The molecule has 21 heavy (non-hydrogen) atoms. The zero-order chi connectivity index (χ0) is 15.2. The minimum absolute atomic E-state index is 0.0207. The van der Waals surface area contributed by atoms with Gasteiger partial charge >= 0.3 is 6.03 Å². The van der Waals surface area contributed by atoms with E-state index in [0.29, 0.717) is 10.9 Å². The normalized spacial score (nSPS) is 10.0. The van der Waals surface area contributed by atoms with Crippen molar-refractivity contribution in [3.8, 4) is 5.88 Å². The van der Waals surface area contributed by atoms with E-state index in [1.54, 1.807) is 18.3 Å². The number of rotatable bonds is 4. The molecular weight excluding hydrogens is 297 g/mol. The maximum Gasteiger partial charge on any atom is 0.319 e. The van der Waals surface area contributed by atoms with Crippen LogP contribution in [0.1, 0.15) is 5.56 Å². The second kappa shape index (κ2) is 6.90. The van der Waals surface area contributed by atoms with Crippen molar-refractivity contribution in [2.75, 3.05) is 12.4 Å². The van der Waals surface area contributed by atoms with Crippen LogP contribution in [0.15, 0.2) is 36.5 Å². The Bertz CT molecular complexity index is 652. The number of halogens is 2. The van der Waals surface area contributed by atoms with Gasteiger partial charge in [0.2, 0.25) is 5.88 Å². The standard InChI is InChI=1S/C14H13ClFN3O2/c1-21-13-6-9(4-5-17-13)8-18-14(20)19-12-7-10(15)2-3-11(12)16/h2-7H,8H2,1H3,(H2,18,19,20). The fraction of sp³-hybridized carbons (Fsp3) is 0.143. The van der Waals surface area contributed by atoms with Crippen molar-refractivity contribution >= 4 is 23.3 Å². The number of benzene rings is 1. The third-order valence-electron chi connectivity index (χ3n) is 2.64. The predicted octanol–water partition coefficient (Wildman–Crippen LogP) is 3.20. The number of hydrogen-bond donors (Lipinski definition) is 2. The van der Waals surface area contributed by atoms with Crippen LogP contribution in [0.25, 0.3) is 0 Å². The maximum atomic E-state index is 13.5. The number of carbonyl (C=O) groups excluding carboxylic acids is 1. The van der Waals surface area contributed by atoms with E-state index in [1.807, 2.05) is 0 Å². The fourth-order valence-electron chi connectivity index (χ4n) is 1.61. The number of pyridine rings is 1. The summed E-state index contributed by atoms with van der Waals surface area (Å²) in [4.78, 5) is 15.7. The summed E-state index contributed by atoms with van der Waals surface area (Å²) in [6.45, 7) is 0.257. The zero-order valence-electron chi connectivity index (χ0n) is 11.2. The molecule has 0 fully saturated rings. The summed E-state index contributed by atoms with van der Waals surface area (Å²) >= 11 is 5.75. The van der Waals surface area contributed by atoms with Crippen molar-refractivity contribution in [1.82, 2.24) is 10.3 Å². The molecule has 1 aromatic carbocycles. The Labute approximate surface area is 126 Å².